The highest BCUT2D eigenvalue weighted by Gasteiger charge is 2.33. The van der Waals surface area contributed by atoms with Crippen molar-refractivity contribution in [2.24, 2.45) is 11.8 Å². The van der Waals surface area contributed by atoms with Crippen LogP contribution in [0.1, 0.15) is 101 Å². The van der Waals surface area contributed by atoms with Crippen molar-refractivity contribution in [2.45, 2.75) is 95.7 Å². The predicted molar refractivity (Wildman–Crippen MR) is 273 cm³/mol. The second-order valence-corrected chi connectivity index (χ2v) is 22.6. The second-order valence-electron chi connectivity index (χ2n) is 20.8. The zero-order valence-corrected chi connectivity index (χ0v) is 43.0. The number of nitrogens with one attached hydrogen (secondary N) is 2. The van der Waals surface area contributed by atoms with Crippen LogP contribution in [0.3, 0.4) is 0 Å². The summed E-state index contributed by atoms with van der Waals surface area (Å²) in [7, 11) is -1.67. The summed E-state index contributed by atoms with van der Waals surface area (Å²) < 4.78 is 76.3. The maximum atomic E-state index is 13.3. The minimum atomic E-state index is -3.33. The number of carbonyl (C=O) groups is 3. The molecule has 14 nitrogen and oxygen atoms in total. The van der Waals surface area contributed by atoms with E-state index < -0.39 is 39.2 Å². The maximum Gasteiger partial charge on any atom is 0.410 e. The zero-order chi connectivity index (χ0) is 51.7. The molecule has 4 saturated heterocycles. The molecule has 392 valence electrons. The van der Waals surface area contributed by atoms with Gasteiger partial charge in [-0.15, -0.1) is 0 Å². The average Bonchev–Trinajstić information content (AvgIpc) is 3.78. The Morgan fingerprint density at radius 3 is 2.00 bits per heavy atom. The molecular weight excluding hydrogens is 950 g/mol. The summed E-state index contributed by atoms with van der Waals surface area (Å²) in [6.45, 7) is 12.4. The minimum Gasteiger partial charge on any atom is -0.497 e. The number of aromatic nitrogens is 1. The fourth-order valence-electron chi connectivity index (χ4n) is 10.4. The Morgan fingerprint density at radius 2 is 1.40 bits per heavy atom. The number of aliphatic hydroxyl groups is 1. The van der Waals surface area contributed by atoms with Gasteiger partial charge in [-0.05, 0) is 181 Å². The Kier molecular flexibility index (Phi) is 18.2. The van der Waals surface area contributed by atoms with Crippen molar-refractivity contribution in [1.82, 2.24) is 24.6 Å². The Labute approximate surface area is 421 Å². The molecule has 18 heteroatoms. The van der Waals surface area contributed by atoms with Crippen molar-refractivity contribution < 1.29 is 50.6 Å². The lowest BCUT2D eigenvalue weighted by molar-refractivity contribution is -0.131. The quantitative estimate of drug-likeness (QED) is 0.0874. The van der Waals surface area contributed by atoms with Crippen molar-refractivity contribution in [1.29, 1.82) is 0 Å². The first kappa shape index (κ1) is 54.3. The number of β-amino-alcohol motifs (C(OH)–C–C–N with tert-alkyl or cyclic N) is 1. The van der Waals surface area contributed by atoms with Gasteiger partial charge in [0.2, 0.25) is 15.9 Å². The number of sulfonamides is 1. The molecule has 0 spiro atoms. The summed E-state index contributed by atoms with van der Waals surface area (Å²) >= 11 is 0. The molecule has 0 radical (unpaired) electrons. The summed E-state index contributed by atoms with van der Waals surface area (Å²) in [4.78, 5) is 48.9. The van der Waals surface area contributed by atoms with Crippen LogP contribution in [-0.4, -0.2) is 146 Å². The maximum absolute atomic E-state index is 13.3. The summed E-state index contributed by atoms with van der Waals surface area (Å²) in [5, 5.41) is 12.0. The highest BCUT2D eigenvalue weighted by molar-refractivity contribution is 7.92. The van der Waals surface area contributed by atoms with Crippen molar-refractivity contribution in [3.63, 3.8) is 0 Å². The van der Waals surface area contributed by atoms with Crippen LogP contribution in [0.5, 0.6) is 5.75 Å². The monoisotopic (exact) mass is 1020 g/mol. The van der Waals surface area contributed by atoms with Crippen molar-refractivity contribution in [2.75, 3.05) is 83.5 Å². The third-order valence-electron chi connectivity index (χ3n) is 14.5. The van der Waals surface area contributed by atoms with Gasteiger partial charge in [-0.1, -0.05) is 12.1 Å². The van der Waals surface area contributed by atoms with Gasteiger partial charge in [0.15, 0.2) is 17.5 Å². The van der Waals surface area contributed by atoms with E-state index in [2.05, 4.69) is 31.6 Å². The van der Waals surface area contributed by atoms with E-state index in [0.29, 0.717) is 69.6 Å². The molecule has 5 heterocycles. The number of aromatic amines is 1. The van der Waals surface area contributed by atoms with Crippen LogP contribution in [-0.2, 0) is 24.3 Å². The molecule has 1 atom stereocenters. The number of fused-ring (bicyclic) bond motifs is 1. The summed E-state index contributed by atoms with van der Waals surface area (Å²) in [6, 6.07) is 15.5. The zero-order valence-electron chi connectivity index (χ0n) is 42.2. The molecule has 4 aliphatic heterocycles. The van der Waals surface area contributed by atoms with Crippen LogP contribution in [0.15, 0.2) is 66.9 Å². The molecule has 4 aliphatic rings. The number of ether oxygens (including phenoxy) is 2. The Bertz CT molecular complexity index is 2600. The number of benzene rings is 3. The van der Waals surface area contributed by atoms with Gasteiger partial charge in [0, 0.05) is 67.5 Å². The average molecular weight is 1020 g/mol. The van der Waals surface area contributed by atoms with E-state index in [1.54, 1.807) is 23.0 Å². The van der Waals surface area contributed by atoms with Crippen molar-refractivity contribution in [3.8, 4) is 5.75 Å². The van der Waals surface area contributed by atoms with Gasteiger partial charge in [0.25, 0.3) is 0 Å². The van der Waals surface area contributed by atoms with Gasteiger partial charge in [-0.2, -0.15) is 0 Å². The molecular formula is C54H71F3N6O8S. The molecule has 2 amide bonds. The number of aliphatic hydroxyl groups excluding tert-OH is 1. The third-order valence-corrected chi connectivity index (χ3v) is 15.1. The van der Waals surface area contributed by atoms with Gasteiger partial charge in [0.05, 0.1) is 26.0 Å². The van der Waals surface area contributed by atoms with E-state index in [4.69, 9.17) is 9.47 Å². The van der Waals surface area contributed by atoms with Crippen LogP contribution in [0, 0.1) is 29.3 Å². The summed E-state index contributed by atoms with van der Waals surface area (Å²) in [5.74, 6) is -2.36. The fourth-order valence-corrected chi connectivity index (χ4v) is 11.0. The first-order chi connectivity index (χ1) is 34.2. The Morgan fingerprint density at radius 1 is 0.806 bits per heavy atom. The minimum absolute atomic E-state index is 0.0700. The lowest BCUT2D eigenvalue weighted by atomic mass is 9.87. The molecule has 3 N–H and O–H groups in total. The SMILES string of the molecule is CC(C)(C)OC(=O)N1CCC(C(O)CN2CCC(c3c[nH]c4ccc(NS(C)(=O)=O)cc34)CC2)CC1.COc1ccc(C2CCN(CC(=O)C3CCN(C(=O)/C=C/c4cc(F)c(F)c(F)c4)CC3)CC2)cc1. The number of likely N-dealkylation sites (tertiary alicyclic amines) is 4. The number of ketones is 1. The number of piperidine rings is 4. The van der Waals surface area contributed by atoms with Gasteiger partial charge >= 0.3 is 6.09 Å². The molecule has 0 bridgehead atoms. The van der Waals surface area contributed by atoms with Crippen molar-refractivity contribution >= 4 is 50.5 Å². The van der Waals surface area contributed by atoms with Gasteiger partial charge < -0.3 is 34.3 Å². The van der Waals surface area contributed by atoms with E-state index in [-0.39, 0.29) is 35.2 Å². The third kappa shape index (κ3) is 15.1. The molecule has 0 aliphatic carbocycles. The lowest BCUT2D eigenvalue weighted by Gasteiger charge is -2.38. The van der Waals surface area contributed by atoms with Gasteiger partial charge in [-0.25, -0.2) is 26.4 Å². The fraction of sp³-hybridized carbons (Fsp3) is 0.537. The number of H-pyrrole nitrogens is 1. The Balaban J connectivity index is 0.000000211. The number of hydrogen-bond acceptors (Lipinski definition) is 10. The standard InChI is InChI=1S/C28H31F3N2O3.C26H40N4O5S/c1-36-23-5-3-20(4-6-23)21-8-12-32(13-9-21)18-26(34)22-10-14-33(15-11-22)27(35)7-2-19-16-24(29)28(31)25(30)17-19;1-26(2,3)35-25(32)30-13-9-19(10-14-30)24(31)17-29-11-7-18(8-12-29)22-16-27-23-6-5-20(15-21(22)23)28-36(4,33)34/h2-7,16-17,21-22H,8-15,18H2,1H3;5-6,15-16,18-19,24,27-28,31H,7-14,17H2,1-4H3/b7-2+;. The highest BCUT2D eigenvalue weighted by Crippen LogP contribution is 2.36. The number of methoxy groups -OCH3 is 1. The molecule has 4 aromatic rings. The lowest BCUT2D eigenvalue weighted by Crippen LogP contribution is -2.46. The molecule has 0 saturated carbocycles. The highest BCUT2D eigenvalue weighted by atomic mass is 32.2. The van der Waals surface area contributed by atoms with E-state index in [1.165, 1.54) is 23.3 Å². The van der Waals surface area contributed by atoms with Crippen LogP contribution >= 0.6 is 0 Å². The first-order valence-electron chi connectivity index (χ1n) is 25.2. The summed E-state index contributed by atoms with van der Waals surface area (Å²) in [5.41, 5.74) is 3.67. The predicted octanol–water partition coefficient (Wildman–Crippen LogP) is 8.54. The first-order valence-corrected chi connectivity index (χ1v) is 27.1. The topological polar surface area (TPSA) is 165 Å². The number of carbonyl (C=O) groups excluding carboxylic acids is 3. The van der Waals surface area contributed by atoms with Gasteiger partial charge in [-0.3, -0.25) is 19.2 Å². The number of amides is 2. The number of nitrogens with zero attached hydrogens (tertiary/aromatic N) is 4. The number of halogens is 3. The van der Waals surface area contributed by atoms with E-state index in [9.17, 15) is 41.1 Å². The van der Waals surface area contributed by atoms with Crippen LogP contribution in [0.4, 0.5) is 23.7 Å². The molecule has 8 rings (SSSR count). The Hall–Kier alpha value is -5.43. The van der Waals surface area contributed by atoms with Crippen LogP contribution in [0.2, 0.25) is 0 Å². The molecule has 72 heavy (non-hydrogen) atoms. The van der Waals surface area contributed by atoms with Crippen molar-refractivity contribution in [3.05, 3.63) is 101 Å². The second kappa shape index (κ2) is 24.1. The molecule has 3 aromatic carbocycles. The van der Waals surface area contributed by atoms with E-state index >= 15 is 0 Å². The van der Waals surface area contributed by atoms with Gasteiger partial charge in [0.1, 0.15) is 17.1 Å². The van der Waals surface area contributed by atoms with Crippen LogP contribution < -0.4 is 9.46 Å². The number of anilines is 1. The molecule has 4 fully saturated rings. The molecule has 1 aromatic heterocycles. The largest absolute Gasteiger partial charge is 0.497 e. The van der Waals surface area contributed by atoms with Crippen LogP contribution in [0.25, 0.3) is 17.0 Å². The smallest absolute Gasteiger partial charge is 0.410 e. The number of rotatable bonds is 13. The summed E-state index contributed by atoms with van der Waals surface area (Å²) in [6.07, 6.45) is 11.8. The van der Waals surface area contributed by atoms with E-state index in [1.807, 2.05) is 51.2 Å². The molecule has 1 unspecified atom stereocenters. The number of hydrogen-bond donors (Lipinski definition) is 3. The van der Waals surface area contributed by atoms with E-state index in [0.717, 1.165) is 99.7 Å². The normalized spacial score (nSPS) is 19.0. The number of Topliss-reactive ketones (excluding diaryl/α,β-unsaturated/α-hetero) is 1.